The number of aryl methyl sites for hydroxylation is 1. The molecule has 0 radical (unpaired) electrons. The summed E-state index contributed by atoms with van der Waals surface area (Å²) in [5.74, 6) is 1.58. The fourth-order valence-electron chi connectivity index (χ4n) is 4.17. The Bertz CT molecular complexity index is 736. The summed E-state index contributed by atoms with van der Waals surface area (Å²) in [5, 5.41) is 0. The third-order valence-corrected chi connectivity index (χ3v) is 5.96. The topological polar surface area (TPSA) is 36.4 Å². The molecule has 1 aliphatic rings. The summed E-state index contributed by atoms with van der Waals surface area (Å²) in [6.45, 7) is 9.08. The maximum atomic E-state index is 12.6. The van der Waals surface area contributed by atoms with E-state index in [1.807, 2.05) is 37.1 Å². The molecule has 150 valence electrons. The molecule has 1 atom stereocenters. The van der Waals surface area contributed by atoms with Crippen LogP contribution in [0.5, 0.6) is 0 Å². The zero-order chi connectivity index (χ0) is 19.9. The van der Waals surface area contributed by atoms with Gasteiger partial charge in [0.15, 0.2) is 0 Å². The zero-order valence-electron chi connectivity index (χ0n) is 17.5. The SMILES string of the molecule is CCC(=O)N(CC(CC)N1CCC(c2ccccc2)CC1)c1ccc(C)cn1. The quantitative estimate of drug-likeness (QED) is 0.694. The van der Waals surface area contributed by atoms with Gasteiger partial charge >= 0.3 is 0 Å². The van der Waals surface area contributed by atoms with Gasteiger partial charge in [0.1, 0.15) is 5.82 Å². The Morgan fingerprint density at radius 1 is 1.14 bits per heavy atom. The summed E-state index contributed by atoms with van der Waals surface area (Å²) in [5.41, 5.74) is 2.57. The normalized spacial score (nSPS) is 16.7. The molecule has 2 heterocycles. The molecule has 1 aromatic carbocycles. The van der Waals surface area contributed by atoms with E-state index in [9.17, 15) is 4.79 Å². The molecule has 28 heavy (non-hydrogen) atoms. The Labute approximate surface area is 169 Å². The molecule has 1 amide bonds. The molecule has 3 rings (SSSR count). The van der Waals surface area contributed by atoms with Gasteiger partial charge in [0.25, 0.3) is 0 Å². The summed E-state index contributed by atoms with van der Waals surface area (Å²) in [4.78, 5) is 21.6. The number of amides is 1. The monoisotopic (exact) mass is 379 g/mol. The minimum atomic E-state index is 0.147. The Hall–Kier alpha value is -2.20. The van der Waals surface area contributed by atoms with Gasteiger partial charge in [0.2, 0.25) is 5.91 Å². The number of aromatic nitrogens is 1. The molecular weight excluding hydrogens is 346 g/mol. The summed E-state index contributed by atoms with van der Waals surface area (Å²) >= 11 is 0. The number of pyridine rings is 1. The molecule has 2 aromatic rings. The van der Waals surface area contributed by atoms with E-state index in [1.165, 1.54) is 18.4 Å². The third-order valence-electron chi connectivity index (χ3n) is 5.96. The van der Waals surface area contributed by atoms with Crippen LogP contribution in [0.1, 0.15) is 56.6 Å². The Morgan fingerprint density at radius 3 is 2.43 bits per heavy atom. The average Bonchev–Trinajstić information content (AvgIpc) is 2.76. The lowest BCUT2D eigenvalue weighted by Crippen LogP contribution is -2.48. The first-order valence-corrected chi connectivity index (χ1v) is 10.6. The van der Waals surface area contributed by atoms with Crippen LogP contribution < -0.4 is 4.90 Å². The van der Waals surface area contributed by atoms with Gasteiger partial charge in [-0.2, -0.15) is 0 Å². The van der Waals surface area contributed by atoms with Gasteiger partial charge in [-0.1, -0.05) is 50.2 Å². The third kappa shape index (κ3) is 4.99. The molecule has 0 spiro atoms. The number of carbonyl (C=O) groups excluding carboxylic acids is 1. The van der Waals surface area contributed by atoms with Crippen molar-refractivity contribution in [2.45, 2.75) is 58.4 Å². The molecule has 4 heteroatoms. The highest BCUT2D eigenvalue weighted by Gasteiger charge is 2.28. The van der Waals surface area contributed by atoms with E-state index < -0.39 is 0 Å². The van der Waals surface area contributed by atoms with Crippen molar-refractivity contribution in [2.24, 2.45) is 0 Å². The second-order valence-corrected chi connectivity index (χ2v) is 7.83. The maximum absolute atomic E-state index is 12.6. The van der Waals surface area contributed by atoms with Crippen LogP contribution in [-0.4, -0.2) is 41.5 Å². The number of likely N-dealkylation sites (tertiary alicyclic amines) is 1. The van der Waals surface area contributed by atoms with Gasteiger partial charge in [0.05, 0.1) is 0 Å². The molecular formula is C24H33N3O. The minimum absolute atomic E-state index is 0.147. The van der Waals surface area contributed by atoms with Crippen molar-refractivity contribution in [1.29, 1.82) is 0 Å². The second-order valence-electron chi connectivity index (χ2n) is 7.83. The predicted molar refractivity (Wildman–Crippen MR) is 116 cm³/mol. The van der Waals surface area contributed by atoms with E-state index >= 15 is 0 Å². The van der Waals surface area contributed by atoms with Gasteiger partial charge in [-0.3, -0.25) is 14.6 Å². The average molecular weight is 380 g/mol. The van der Waals surface area contributed by atoms with Crippen molar-refractivity contribution in [3.8, 4) is 0 Å². The van der Waals surface area contributed by atoms with Gasteiger partial charge in [-0.15, -0.1) is 0 Å². The number of carbonyl (C=O) groups is 1. The van der Waals surface area contributed by atoms with Crippen molar-refractivity contribution in [1.82, 2.24) is 9.88 Å². The van der Waals surface area contributed by atoms with Crippen LogP contribution in [0.4, 0.5) is 5.82 Å². The lowest BCUT2D eigenvalue weighted by atomic mass is 9.88. The van der Waals surface area contributed by atoms with E-state index in [-0.39, 0.29) is 5.91 Å². The molecule has 1 aromatic heterocycles. The van der Waals surface area contributed by atoms with E-state index in [0.29, 0.717) is 18.4 Å². The van der Waals surface area contributed by atoms with Gasteiger partial charge < -0.3 is 0 Å². The number of piperidine rings is 1. The molecule has 0 N–H and O–H groups in total. The van der Waals surface area contributed by atoms with Gasteiger partial charge in [-0.05, 0) is 62.4 Å². The number of rotatable bonds is 7. The van der Waals surface area contributed by atoms with Crippen LogP contribution in [0, 0.1) is 6.92 Å². The molecule has 1 saturated heterocycles. The Balaban J connectivity index is 1.66. The summed E-state index contributed by atoms with van der Waals surface area (Å²) < 4.78 is 0. The van der Waals surface area contributed by atoms with E-state index in [1.54, 1.807) is 0 Å². The zero-order valence-corrected chi connectivity index (χ0v) is 17.5. The molecule has 0 saturated carbocycles. The highest BCUT2D eigenvalue weighted by Crippen LogP contribution is 2.29. The first-order chi connectivity index (χ1) is 13.6. The van der Waals surface area contributed by atoms with E-state index in [2.05, 4.69) is 47.1 Å². The van der Waals surface area contributed by atoms with Crippen LogP contribution in [-0.2, 0) is 4.79 Å². The maximum Gasteiger partial charge on any atom is 0.227 e. The lowest BCUT2D eigenvalue weighted by Gasteiger charge is -2.39. The van der Waals surface area contributed by atoms with Gasteiger partial charge in [0, 0.05) is 25.2 Å². The standard InChI is InChI=1S/C24H33N3O/c1-4-22(18-27(24(28)5-2)23-12-11-19(3)17-25-23)26-15-13-21(14-16-26)20-9-7-6-8-10-20/h6-12,17,21-22H,4-5,13-16,18H2,1-3H3. The fraction of sp³-hybridized carbons (Fsp3) is 0.500. The first kappa shape index (κ1) is 20.5. The Kier molecular flexibility index (Phi) is 7.21. The summed E-state index contributed by atoms with van der Waals surface area (Å²) in [6, 6.07) is 15.2. The summed E-state index contributed by atoms with van der Waals surface area (Å²) in [6.07, 6.45) is 5.76. The Morgan fingerprint density at radius 2 is 1.86 bits per heavy atom. The van der Waals surface area contributed by atoms with Crippen molar-refractivity contribution < 1.29 is 4.79 Å². The molecule has 1 fully saturated rings. The number of nitrogens with zero attached hydrogens (tertiary/aromatic N) is 3. The molecule has 4 nitrogen and oxygen atoms in total. The summed E-state index contributed by atoms with van der Waals surface area (Å²) in [7, 11) is 0. The predicted octanol–water partition coefficient (Wildman–Crippen LogP) is 4.79. The number of hydrogen-bond donors (Lipinski definition) is 0. The second kappa shape index (κ2) is 9.83. The molecule has 0 bridgehead atoms. The number of benzene rings is 1. The number of hydrogen-bond acceptors (Lipinski definition) is 3. The highest BCUT2D eigenvalue weighted by atomic mass is 16.2. The highest BCUT2D eigenvalue weighted by molar-refractivity contribution is 5.92. The first-order valence-electron chi connectivity index (χ1n) is 10.6. The van der Waals surface area contributed by atoms with Crippen LogP contribution in [0.25, 0.3) is 0 Å². The van der Waals surface area contributed by atoms with Crippen LogP contribution in [0.3, 0.4) is 0 Å². The molecule has 1 unspecified atom stereocenters. The van der Waals surface area contributed by atoms with Crippen molar-refractivity contribution >= 4 is 11.7 Å². The molecule has 1 aliphatic heterocycles. The molecule has 0 aliphatic carbocycles. The smallest absolute Gasteiger partial charge is 0.227 e. The van der Waals surface area contributed by atoms with Crippen LogP contribution in [0.15, 0.2) is 48.7 Å². The van der Waals surface area contributed by atoms with Crippen LogP contribution >= 0.6 is 0 Å². The van der Waals surface area contributed by atoms with Crippen molar-refractivity contribution in [2.75, 3.05) is 24.5 Å². The fourth-order valence-corrected chi connectivity index (χ4v) is 4.17. The van der Waals surface area contributed by atoms with E-state index in [0.717, 1.165) is 37.4 Å². The lowest BCUT2D eigenvalue weighted by molar-refractivity contribution is -0.118. The van der Waals surface area contributed by atoms with Crippen molar-refractivity contribution in [3.05, 3.63) is 59.8 Å². The largest absolute Gasteiger partial charge is 0.299 e. The number of anilines is 1. The van der Waals surface area contributed by atoms with Gasteiger partial charge in [-0.25, -0.2) is 4.98 Å². The van der Waals surface area contributed by atoms with Crippen LogP contribution in [0.2, 0.25) is 0 Å². The van der Waals surface area contributed by atoms with E-state index in [4.69, 9.17) is 0 Å². The minimum Gasteiger partial charge on any atom is -0.299 e. The van der Waals surface area contributed by atoms with Crippen molar-refractivity contribution in [3.63, 3.8) is 0 Å².